The minimum Gasteiger partial charge on any atom is -0.314 e. The Kier molecular flexibility index (Phi) is 5.50. The summed E-state index contributed by atoms with van der Waals surface area (Å²) in [6, 6.07) is 1.63. The van der Waals surface area contributed by atoms with Crippen molar-refractivity contribution < 1.29 is 0 Å². The van der Waals surface area contributed by atoms with Gasteiger partial charge in [0, 0.05) is 12.1 Å². The molecule has 2 aliphatic rings. The van der Waals surface area contributed by atoms with Gasteiger partial charge in [0.1, 0.15) is 0 Å². The molecular formula is C16H32N2. The second-order valence-electron chi connectivity index (χ2n) is 6.63. The number of hydrogen-bond acceptors (Lipinski definition) is 2. The monoisotopic (exact) mass is 252 g/mol. The second-order valence-corrected chi connectivity index (χ2v) is 6.63. The zero-order chi connectivity index (χ0) is 13.0. The first kappa shape index (κ1) is 14.3. The van der Waals surface area contributed by atoms with E-state index in [0.29, 0.717) is 6.04 Å². The third kappa shape index (κ3) is 3.71. The highest BCUT2D eigenvalue weighted by atomic mass is 15.2. The van der Waals surface area contributed by atoms with E-state index in [1.165, 1.54) is 51.6 Å². The molecule has 0 aromatic heterocycles. The molecule has 2 fully saturated rings. The largest absolute Gasteiger partial charge is 0.314 e. The smallest absolute Gasteiger partial charge is 0.00954 e. The highest BCUT2D eigenvalue weighted by molar-refractivity contribution is 4.84. The summed E-state index contributed by atoms with van der Waals surface area (Å²) in [5.74, 6) is 1.89. The van der Waals surface area contributed by atoms with Crippen molar-refractivity contribution in [3.05, 3.63) is 0 Å². The maximum absolute atomic E-state index is 3.60. The van der Waals surface area contributed by atoms with Crippen molar-refractivity contribution in [2.24, 2.45) is 11.8 Å². The first-order valence-electron chi connectivity index (χ1n) is 8.18. The summed E-state index contributed by atoms with van der Waals surface area (Å²) in [5, 5.41) is 3.60. The van der Waals surface area contributed by atoms with Crippen molar-refractivity contribution in [3.8, 4) is 0 Å². The quantitative estimate of drug-likeness (QED) is 0.826. The van der Waals surface area contributed by atoms with Gasteiger partial charge in [-0.3, -0.25) is 0 Å². The highest BCUT2D eigenvalue weighted by Gasteiger charge is 2.29. The Labute approximate surface area is 114 Å². The average Bonchev–Trinajstić information content (AvgIpc) is 2.40. The van der Waals surface area contributed by atoms with E-state index in [2.05, 4.69) is 31.0 Å². The molecule has 1 aliphatic carbocycles. The molecule has 18 heavy (non-hydrogen) atoms. The number of hydrogen-bond donors (Lipinski definition) is 1. The molecule has 2 rings (SSSR count). The Bertz CT molecular complexity index is 225. The Morgan fingerprint density at radius 1 is 1.06 bits per heavy atom. The fourth-order valence-corrected chi connectivity index (χ4v) is 3.88. The van der Waals surface area contributed by atoms with Gasteiger partial charge in [-0.1, -0.05) is 13.8 Å². The van der Waals surface area contributed by atoms with Crippen LogP contribution in [0.3, 0.4) is 0 Å². The van der Waals surface area contributed by atoms with E-state index >= 15 is 0 Å². The lowest BCUT2D eigenvalue weighted by atomic mass is 9.84. The molecule has 1 saturated heterocycles. The van der Waals surface area contributed by atoms with Crippen LogP contribution in [-0.2, 0) is 0 Å². The minimum absolute atomic E-state index is 0.712. The topological polar surface area (TPSA) is 15.3 Å². The van der Waals surface area contributed by atoms with E-state index in [1.54, 1.807) is 0 Å². The normalized spacial score (nSPS) is 33.5. The molecule has 1 heterocycles. The molecular weight excluding hydrogens is 220 g/mol. The molecule has 0 aromatic carbocycles. The summed E-state index contributed by atoms with van der Waals surface area (Å²) in [6.45, 7) is 10.8. The van der Waals surface area contributed by atoms with Gasteiger partial charge in [0.05, 0.1) is 0 Å². The van der Waals surface area contributed by atoms with Crippen LogP contribution < -0.4 is 5.32 Å². The first-order chi connectivity index (χ1) is 8.70. The van der Waals surface area contributed by atoms with Gasteiger partial charge in [0.25, 0.3) is 0 Å². The Morgan fingerprint density at radius 3 is 2.22 bits per heavy atom. The fraction of sp³-hybridized carbons (Fsp3) is 1.00. The maximum atomic E-state index is 3.60. The number of likely N-dealkylation sites (tertiary alicyclic amines) is 1. The molecule has 1 N–H and O–H groups in total. The molecule has 106 valence electrons. The lowest BCUT2D eigenvalue weighted by Crippen LogP contribution is -2.46. The summed E-state index contributed by atoms with van der Waals surface area (Å²) >= 11 is 0. The van der Waals surface area contributed by atoms with Crippen LogP contribution in [0.5, 0.6) is 0 Å². The van der Waals surface area contributed by atoms with Gasteiger partial charge in [-0.25, -0.2) is 0 Å². The van der Waals surface area contributed by atoms with E-state index in [0.717, 1.165) is 24.4 Å². The lowest BCUT2D eigenvalue weighted by Gasteiger charge is -2.41. The standard InChI is InChI=1S/C16H32N2/c1-4-17-14(3)15-9-11-18(12-10-15)16-7-5-13(2)6-8-16/h13-17H,4-12H2,1-3H3. The van der Waals surface area contributed by atoms with Crippen molar-refractivity contribution in [3.63, 3.8) is 0 Å². The number of nitrogens with one attached hydrogen (secondary N) is 1. The van der Waals surface area contributed by atoms with Gasteiger partial charge in [-0.2, -0.15) is 0 Å². The summed E-state index contributed by atoms with van der Waals surface area (Å²) in [7, 11) is 0. The van der Waals surface area contributed by atoms with Crippen LogP contribution in [0.25, 0.3) is 0 Å². The molecule has 1 aliphatic heterocycles. The van der Waals surface area contributed by atoms with Crippen molar-refractivity contribution in [2.75, 3.05) is 19.6 Å². The zero-order valence-electron chi connectivity index (χ0n) is 12.6. The molecule has 0 amide bonds. The molecule has 1 saturated carbocycles. The lowest BCUT2D eigenvalue weighted by molar-refractivity contribution is 0.0881. The van der Waals surface area contributed by atoms with Crippen LogP contribution in [-0.4, -0.2) is 36.6 Å². The Balaban J connectivity index is 1.73. The van der Waals surface area contributed by atoms with Gasteiger partial charge in [-0.05, 0) is 76.9 Å². The fourth-order valence-electron chi connectivity index (χ4n) is 3.88. The predicted octanol–water partition coefficient (Wildman–Crippen LogP) is 3.28. The zero-order valence-corrected chi connectivity index (χ0v) is 12.6. The molecule has 2 nitrogen and oxygen atoms in total. The average molecular weight is 252 g/mol. The number of piperidine rings is 1. The molecule has 0 aromatic rings. The number of rotatable bonds is 4. The van der Waals surface area contributed by atoms with Crippen LogP contribution in [0, 0.1) is 11.8 Å². The first-order valence-corrected chi connectivity index (χ1v) is 8.18. The third-order valence-corrected chi connectivity index (χ3v) is 5.31. The molecule has 1 atom stereocenters. The summed E-state index contributed by atoms with van der Waals surface area (Å²) in [6.07, 6.45) is 8.63. The van der Waals surface area contributed by atoms with E-state index in [4.69, 9.17) is 0 Å². The van der Waals surface area contributed by atoms with Crippen LogP contribution in [0.15, 0.2) is 0 Å². The van der Waals surface area contributed by atoms with Gasteiger partial charge >= 0.3 is 0 Å². The summed E-state index contributed by atoms with van der Waals surface area (Å²) in [5.41, 5.74) is 0. The predicted molar refractivity (Wildman–Crippen MR) is 78.9 cm³/mol. The van der Waals surface area contributed by atoms with E-state index < -0.39 is 0 Å². The Hall–Kier alpha value is -0.0800. The highest BCUT2D eigenvalue weighted by Crippen LogP contribution is 2.30. The van der Waals surface area contributed by atoms with Crippen molar-refractivity contribution >= 4 is 0 Å². The van der Waals surface area contributed by atoms with Crippen molar-refractivity contribution in [1.82, 2.24) is 10.2 Å². The Morgan fingerprint density at radius 2 is 1.67 bits per heavy atom. The third-order valence-electron chi connectivity index (χ3n) is 5.31. The second kappa shape index (κ2) is 6.91. The van der Waals surface area contributed by atoms with Crippen molar-refractivity contribution in [1.29, 1.82) is 0 Å². The van der Waals surface area contributed by atoms with E-state index in [-0.39, 0.29) is 0 Å². The SMILES string of the molecule is CCNC(C)C1CCN(C2CCC(C)CC2)CC1. The van der Waals surface area contributed by atoms with Gasteiger partial charge in [-0.15, -0.1) is 0 Å². The molecule has 0 spiro atoms. The van der Waals surface area contributed by atoms with Gasteiger partial charge in [0.15, 0.2) is 0 Å². The van der Waals surface area contributed by atoms with Crippen LogP contribution in [0.1, 0.15) is 59.3 Å². The maximum Gasteiger partial charge on any atom is 0.00954 e. The van der Waals surface area contributed by atoms with E-state index in [9.17, 15) is 0 Å². The summed E-state index contributed by atoms with van der Waals surface area (Å²) < 4.78 is 0. The summed E-state index contributed by atoms with van der Waals surface area (Å²) in [4.78, 5) is 2.79. The molecule has 0 radical (unpaired) electrons. The van der Waals surface area contributed by atoms with Crippen molar-refractivity contribution in [2.45, 2.75) is 71.4 Å². The molecule has 2 heteroatoms. The van der Waals surface area contributed by atoms with E-state index in [1.807, 2.05) is 0 Å². The van der Waals surface area contributed by atoms with Crippen LogP contribution in [0.4, 0.5) is 0 Å². The van der Waals surface area contributed by atoms with Crippen LogP contribution in [0.2, 0.25) is 0 Å². The van der Waals surface area contributed by atoms with Gasteiger partial charge < -0.3 is 10.2 Å². The minimum atomic E-state index is 0.712. The van der Waals surface area contributed by atoms with Gasteiger partial charge in [0.2, 0.25) is 0 Å². The molecule has 0 bridgehead atoms. The number of nitrogens with zero attached hydrogens (tertiary/aromatic N) is 1. The van der Waals surface area contributed by atoms with Crippen LogP contribution >= 0.6 is 0 Å². The molecule has 1 unspecified atom stereocenters.